The van der Waals surface area contributed by atoms with Crippen LogP contribution in [0.3, 0.4) is 0 Å². The summed E-state index contributed by atoms with van der Waals surface area (Å²) in [6, 6.07) is 25.8. The van der Waals surface area contributed by atoms with Crippen LogP contribution in [0, 0.1) is 17.3 Å². The molecule has 4 atom stereocenters. The fourth-order valence-corrected chi connectivity index (χ4v) is 6.24. The molecule has 0 fully saturated rings. The number of halogens is 1. The number of hydrogen-bond acceptors (Lipinski definition) is 8. The van der Waals surface area contributed by atoms with E-state index in [-0.39, 0.29) is 31.9 Å². The third-order valence-corrected chi connectivity index (χ3v) is 8.86. The second-order valence-corrected chi connectivity index (χ2v) is 14.1. The van der Waals surface area contributed by atoms with Crippen molar-refractivity contribution >= 4 is 30.3 Å². The first-order valence-electron chi connectivity index (χ1n) is 17.1. The Hall–Kier alpha value is -5.25. The minimum absolute atomic E-state index is 0. The monoisotopic (exact) mass is 739 g/mol. The first kappa shape index (κ1) is 40.5. The van der Waals surface area contributed by atoms with Gasteiger partial charge in [0.25, 0.3) is 11.8 Å². The van der Waals surface area contributed by atoms with Crippen molar-refractivity contribution in [2.24, 2.45) is 5.41 Å². The van der Waals surface area contributed by atoms with Crippen molar-refractivity contribution in [2.45, 2.75) is 63.9 Å². The molecule has 0 aliphatic heterocycles. The lowest BCUT2D eigenvalue weighted by Crippen LogP contribution is -2.62. The van der Waals surface area contributed by atoms with E-state index >= 15 is 0 Å². The SMILES string of the molecule is COC(=O)N[C@H](C(=O)NN(Cc1cccc(C#Cc2cccnc2)c1)C[C@@](O)(Cc1ccccc1)C(=O)N[C@H]1c2ccccc2C[C@H]1O)C(C)(C)C.Cl. The predicted octanol–water partition coefficient (Wildman–Crippen LogP) is 4.26. The summed E-state index contributed by atoms with van der Waals surface area (Å²) in [6.07, 6.45) is 1.94. The van der Waals surface area contributed by atoms with E-state index in [9.17, 15) is 24.6 Å². The molecule has 0 bridgehead atoms. The number of pyridine rings is 1. The maximum Gasteiger partial charge on any atom is 0.407 e. The summed E-state index contributed by atoms with van der Waals surface area (Å²) in [4.78, 5) is 44.7. The van der Waals surface area contributed by atoms with Crippen LogP contribution in [0.1, 0.15) is 60.2 Å². The number of fused-ring (bicyclic) bond motifs is 1. The van der Waals surface area contributed by atoms with Crippen LogP contribution < -0.4 is 16.1 Å². The molecule has 0 saturated heterocycles. The van der Waals surface area contributed by atoms with Gasteiger partial charge in [-0.05, 0) is 51.9 Å². The fraction of sp³-hybridized carbons (Fsp3) is 0.317. The summed E-state index contributed by atoms with van der Waals surface area (Å²) in [6.45, 7) is 5.09. The van der Waals surface area contributed by atoms with Gasteiger partial charge in [0, 0.05) is 42.9 Å². The van der Waals surface area contributed by atoms with E-state index in [0.29, 0.717) is 17.5 Å². The molecule has 3 aromatic carbocycles. The number of benzene rings is 3. The maximum atomic E-state index is 14.3. The largest absolute Gasteiger partial charge is 0.453 e. The van der Waals surface area contributed by atoms with Gasteiger partial charge in [0.2, 0.25) is 0 Å². The fourth-order valence-electron chi connectivity index (χ4n) is 6.24. The third-order valence-electron chi connectivity index (χ3n) is 8.86. The highest BCUT2D eigenvalue weighted by Crippen LogP contribution is 2.32. The van der Waals surface area contributed by atoms with Crippen molar-refractivity contribution in [1.82, 2.24) is 26.1 Å². The van der Waals surface area contributed by atoms with Crippen LogP contribution in [0.4, 0.5) is 4.79 Å². The van der Waals surface area contributed by atoms with Gasteiger partial charge in [0.15, 0.2) is 5.60 Å². The van der Waals surface area contributed by atoms with Crippen LogP contribution in [0.15, 0.2) is 103 Å². The van der Waals surface area contributed by atoms with E-state index in [0.717, 1.165) is 22.3 Å². The Morgan fingerprint density at radius 3 is 2.32 bits per heavy atom. The van der Waals surface area contributed by atoms with E-state index < -0.39 is 47.1 Å². The zero-order valence-electron chi connectivity index (χ0n) is 30.2. The molecule has 1 aromatic heterocycles. The molecule has 0 unspecified atom stereocenters. The van der Waals surface area contributed by atoms with Crippen molar-refractivity contribution in [3.63, 3.8) is 0 Å². The number of hydrogen-bond donors (Lipinski definition) is 5. The smallest absolute Gasteiger partial charge is 0.407 e. The molecule has 4 aromatic rings. The summed E-state index contributed by atoms with van der Waals surface area (Å²) in [5, 5.41) is 30.4. The maximum absolute atomic E-state index is 14.3. The number of carbonyl (C=O) groups is 3. The minimum atomic E-state index is -2.10. The highest BCUT2D eigenvalue weighted by Gasteiger charge is 2.43. The van der Waals surface area contributed by atoms with Gasteiger partial charge in [-0.25, -0.2) is 9.80 Å². The molecule has 0 spiro atoms. The number of hydrazine groups is 1. The average molecular weight is 740 g/mol. The van der Waals surface area contributed by atoms with Gasteiger partial charge in [-0.1, -0.05) is 99.3 Å². The Labute approximate surface area is 316 Å². The molecule has 12 heteroatoms. The van der Waals surface area contributed by atoms with Gasteiger partial charge in [0.1, 0.15) is 6.04 Å². The Balaban J connectivity index is 0.00000627. The number of aromatic nitrogens is 1. The first-order valence-corrected chi connectivity index (χ1v) is 17.1. The number of aliphatic hydroxyl groups is 2. The zero-order chi connectivity index (χ0) is 37.3. The van der Waals surface area contributed by atoms with Gasteiger partial charge >= 0.3 is 6.09 Å². The van der Waals surface area contributed by atoms with Crippen molar-refractivity contribution in [1.29, 1.82) is 0 Å². The van der Waals surface area contributed by atoms with Crippen molar-refractivity contribution in [3.05, 3.63) is 137 Å². The Morgan fingerprint density at radius 2 is 1.62 bits per heavy atom. The summed E-state index contributed by atoms with van der Waals surface area (Å²) in [7, 11) is 1.21. The quantitative estimate of drug-likeness (QED) is 0.113. The molecule has 1 heterocycles. The van der Waals surface area contributed by atoms with E-state index in [1.165, 1.54) is 12.1 Å². The van der Waals surface area contributed by atoms with Crippen molar-refractivity contribution in [2.75, 3.05) is 13.7 Å². The summed E-state index contributed by atoms with van der Waals surface area (Å²) < 4.78 is 4.80. The number of nitrogens with zero attached hydrogens (tertiary/aromatic N) is 2. The van der Waals surface area contributed by atoms with Crippen LogP contribution in [0.5, 0.6) is 0 Å². The molecule has 278 valence electrons. The molecular formula is C41H46ClN5O6. The minimum Gasteiger partial charge on any atom is -0.453 e. The number of amides is 3. The standard InChI is InChI=1S/C41H45N5O6.ClH/c1-40(2,3)36(44-39(50)52-4)37(48)45-46(26-31-15-10-14-28(22-31)19-20-30-16-11-21-42-25-30)27-41(51,24-29-12-6-5-7-13-29)38(49)43-35-33-18-9-8-17-32(33)23-34(35)47;/h5-18,21-22,25,34-36,47,51H,23-24,26-27H2,1-4H3,(H,43,49)(H,44,50)(H,45,48);1H/t34-,35+,36-,41+;/m1./s1. The number of carbonyl (C=O) groups excluding carboxylic acids is 3. The lowest BCUT2D eigenvalue weighted by molar-refractivity contribution is -0.147. The topological polar surface area (TPSA) is 153 Å². The first-order chi connectivity index (χ1) is 24.8. The summed E-state index contributed by atoms with van der Waals surface area (Å²) in [5.41, 5.74) is 4.61. The van der Waals surface area contributed by atoms with E-state index in [4.69, 9.17) is 4.74 Å². The number of aliphatic hydroxyl groups excluding tert-OH is 1. The Kier molecular flexibility index (Phi) is 13.8. The van der Waals surface area contributed by atoms with Crippen LogP contribution in [-0.4, -0.2) is 69.5 Å². The van der Waals surface area contributed by atoms with Crippen molar-refractivity contribution in [3.8, 4) is 11.8 Å². The van der Waals surface area contributed by atoms with Gasteiger partial charge in [-0.2, -0.15) is 0 Å². The lowest BCUT2D eigenvalue weighted by atomic mass is 9.86. The number of alkyl carbamates (subject to hydrolysis) is 1. The number of nitrogens with one attached hydrogen (secondary N) is 3. The van der Waals surface area contributed by atoms with Gasteiger partial charge in [-0.3, -0.25) is 20.0 Å². The van der Waals surface area contributed by atoms with Gasteiger partial charge in [0.05, 0.1) is 25.8 Å². The number of rotatable bonds is 11. The molecule has 53 heavy (non-hydrogen) atoms. The van der Waals surface area contributed by atoms with Gasteiger partial charge in [-0.15, -0.1) is 12.4 Å². The number of ether oxygens (including phenoxy) is 1. The van der Waals surface area contributed by atoms with Crippen LogP contribution in [-0.2, 0) is 33.7 Å². The average Bonchev–Trinajstić information content (AvgIpc) is 3.44. The molecule has 11 nitrogen and oxygen atoms in total. The van der Waals surface area contributed by atoms with Gasteiger partial charge < -0.3 is 25.6 Å². The second kappa shape index (κ2) is 18.0. The highest BCUT2D eigenvalue weighted by molar-refractivity contribution is 5.87. The third kappa shape index (κ3) is 10.9. The van der Waals surface area contributed by atoms with E-state index in [2.05, 4.69) is 32.9 Å². The molecule has 0 saturated carbocycles. The Morgan fingerprint density at radius 1 is 0.943 bits per heavy atom. The highest BCUT2D eigenvalue weighted by atomic mass is 35.5. The van der Waals surface area contributed by atoms with E-state index in [1.54, 1.807) is 51.4 Å². The zero-order valence-corrected chi connectivity index (χ0v) is 31.0. The summed E-state index contributed by atoms with van der Waals surface area (Å²) in [5.74, 6) is 4.94. The molecule has 3 amide bonds. The van der Waals surface area contributed by atoms with E-state index in [1.807, 2.05) is 72.8 Å². The lowest BCUT2D eigenvalue weighted by Gasteiger charge is -2.37. The van der Waals surface area contributed by atoms with Crippen LogP contribution >= 0.6 is 12.4 Å². The van der Waals surface area contributed by atoms with Crippen molar-refractivity contribution < 1.29 is 29.3 Å². The predicted molar refractivity (Wildman–Crippen MR) is 203 cm³/mol. The molecule has 0 radical (unpaired) electrons. The van der Waals surface area contributed by atoms with Crippen LogP contribution in [0.2, 0.25) is 0 Å². The molecule has 1 aliphatic carbocycles. The number of methoxy groups -OCH3 is 1. The normalized spacial score (nSPS) is 16.4. The molecule has 1 aliphatic rings. The molecule has 5 N–H and O–H groups in total. The molecule has 5 rings (SSSR count). The summed E-state index contributed by atoms with van der Waals surface area (Å²) >= 11 is 0. The van der Waals surface area contributed by atoms with Crippen LogP contribution in [0.25, 0.3) is 0 Å². The second-order valence-electron chi connectivity index (χ2n) is 14.1. The Bertz CT molecular complexity index is 1930. The molecular weight excluding hydrogens is 694 g/mol.